The van der Waals surface area contributed by atoms with E-state index in [4.69, 9.17) is 0 Å². The molecule has 1 saturated heterocycles. The van der Waals surface area contributed by atoms with Gasteiger partial charge in [0.2, 0.25) is 0 Å². The standard InChI is InChI=1S/C14H24N4/c1-3-9-18(10-13-5-4-7-16-13)11-14-6-8-15-12(2)17-14/h6,8,13,16H,3-5,7,9-11H2,1-2H3. The van der Waals surface area contributed by atoms with E-state index in [0.29, 0.717) is 6.04 Å². The second kappa shape index (κ2) is 6.81. The molecule has 1 fully saturated rings. The average molecular weight is 248 g/mol. The highest BCUT2D eigenvalue weighted by molar-refractivity contribution is 5.01. The van der Waals surface area contributed by atoms with Gasteiger partial charge in [-0.25, -0.2) is 9.97 Å². The van der Waals surface area contributed by atoms with Crippen molar-refractivity contribution in [2.75, 3.05) is 19.6 Å². The van der Waals surface area contributed by atoms with Gasteiger partial charge in [-0.05, 0) is 45.3 Å². The smallest absolute Gasteiger partial charge is 0.125 e. The zero-order chi connectivity index (χ0) is 12.8. The average Bonchev–Trinajstić information content (AvgIpc) is 2.82. The Balaban J connectivity index is 1.92. The van der Waals surface area contributed by atoms with Crippen LogP contribution in [0.3, 0.4) is 0 Å². The van der Waals surface area contributed by atoms with Crippen LogP contribution in [0.4, 0.5) is 0 Å². The SMILES string of the molecule is CCCN(Cc1ccnc(C)n1)CC1CCCN1. The molecular weight excluding hydrogens is 224 g/mol. The Morgan fingerprint density at radius 1 is 1.50 bits per heavy atom. The van der Waals surface area contributed by atoms with Gasteiger partial charge in [0.05, 0.1) is 5.69 Å². The van der Waals surface area contributed by atoms with Crippen molar-refractivity contribution in [3.8, 4) is 0 Å². The monoisotopic (exact) mass is 248 g/mol. The number of hydrogen-bond acceptors (Lipinski definition) is 4. The fraction of sp³-hybridized carbons (Fsp3) is 0.714. The van der Waals surface area contributed by atoms with E-state index in [9.17, 15) is 0 Å². The molecular formula is C14H24N4. The zero-order valence-corrected chi connectivity index (χ0v) is 11.5. The molecule has 4 nitrogen and oxygen atoms in total. The van der Waals surface area contributed by atoms with E-state index in [1.807, 2.05) is 19.2 Å². The van der Waals surface area contributed by atoms with Crippen molar-refractivity contribution in [2.24, 2.45) is 0 Å². The minimum atomic E-state index is 0.666. The minimum absolute atomic E-state index is 0.666. The van der Waals surface area contributed by atoms with Gasteiger partial charge in [-0.1, -0.05) is 6.92 Å². The van der Waals surface area contributed by atoms with Crippen LogP contribution in [0.5, 0.6) is 0 Å². The number of nitrogens with zero attached hydrogens (tertiary/aromatic N) is 3. The second-order valence-corrected chi connectivity index (χ2v) is 5.12. The lowest BCUT2D eigenvalue weighted by molar-refractivity contribution is 0.239. The molecule has 2 heterocycles. The van der Waals surface area contributed by atoms with E-state index in [2.05, 4.69) is 27.1 Å². The molecule has 1 aromatic heterocycles. The summed E-state index contributed by atoms with van der Waals surface area (Å²) in [5.74, 6) is 0.864. The summed E-state index contributed by atoms with van der Waals surface area (Å²) in [6, 6.07) is 2.69. The first-order valence-electron chi connectivity index (χ1n) is 7.02. The fourth-order valence-electron chi connectivity index (χ4n) is 2.60. The highest BCUT2D eigenvalue weighted by Crippen LogP contribution is 2.10. The molecule has 0 bridgehead atoms. The summed E-state index contributed by atoms with van der Waals surface area (Å²) in [5, 5.41) is 3.57. The quantitative estimate of drug-likeness (QED) is 0.832. The third-order valence-electron chi connectivity index (χ3n) is 3.40. The van der Waals surface area contributed by atoms with Gasteiger partial charge in [0, 0.05) is 25.3 Å². The number of hydrogen-bond donors (Lipinski definition) is 1. The summed E-state index contributed by atoms with van der Waals surface area (Å²) in [7, 11) is 0. The second-order valence-electron chi connectivity index (χ2n) is 5.12. The molecule has 1 aliphatic rings. The normalized spacial score (nSPS) is 19.6. The van der Waals surface area contributed by atoms with Gasteiger partial charge >= 0.3 is 0 Å². The molecule has 0 aromatic carbocycles. The molecule has 1 aromatic rings. The molecule has 0 aliphatic carbocycles. The van der Waals surface area contributed by atoms with Crippen LogP contribution in [0.15, 0.2) is 12.3 Å². The number of nitrogens with one attached hydrogen (secondary N) is 1. The van der Waals surface area contributed by atoms with E-state index in [1.54, 1.807) is 0 Å². The van der Waals surface area contributed by atoms with Crippen LogP contribution >= 0.6 is 0 Å². The third-order valence-corrected chi connectivity index (χ3v) is 3.40. The lowest BCUT2D eigenvalue weighted by Crippen LogP contribution is -2.37. The number of aromatic nitrogens is 2. The van der Waals surface area contributed by atoms with Crippen LogP contribution in [0.2, 0.25) is 0 Å². The van der Waals surface area contributed by atoms with Gasteiger partial charge < -0.3 is 5.32 Å². The predicted molar refractivity (Wildman–Crippen MR) is 73.4 cm³/mol. The topological polar surface area (TPSA) is 41.1 Å². The summed E-state index contributed by atoms with van der Waals surface area (Å²) >= 11 is 0. The molecule has 2 rings (SSSR count). The van der Waals surface area contributed by atoms with E-state index in [0.717, 1.165) is 31.2 Å². The summed E-state index contributed by atoms with van der Waals surface area (Å²) in [6.07, 6.45) is 5.67. The molecule has 18 heavy (non-hydrogen) atoms. The molecule has 1 unspecified atom stereocenters. The van der Waals surface area contributed by atoms with Crippen LogP contribution in [-0.4, -0.2) is 40.5 Å². The Hall–Kier alpha value is -1.00. The van der Waals surface area contributed by atoms with E-state index in [-0.39, 0.29) is 0 Å². The molecule has 4 heteroatoms. The summed E-state index contributed by atoms with van der Waals surface area (Å²) in [4.78, 5) is 11.2. The molecule has 0 radical (unpaired) electrons. The van der Waals surface area contributed by atoms with Gasteiger partial charge in [0.1, 0.15) is 5.82 Å². The van der Waals surface area contributed by atoms with Crippen molar-refractivity contribution in [1.82, 2.24) is 20.2 Å². The first-order chi connectivity index (χ1) is 8.78. The lowest BCUT2D eigenvalue weighted by atomic mass is 10.2. The molecule has 0 amide bonds. The Kier molecular flexibility index (Phi) is 5.08. The van der Waals surface area contributed by atoms with Gasteiger partial charge in [0.15, 0.2) is 0 Å². The van der Waals surface area contributed by atoms with Crippen molar-refractivity contribution in [3.63, 3.8) is 0 Å². The zero-order valence-electron chi connectivity index (χ0n) is 11.5. The molecule has 1 N–H and O–H groups in total. The van der Waals surface area contributed by atoms with Crippen molar-refractivity contribution >= 4 is 0 Å². The van der Waals surface area contributed by atoms with Gasteiger partial charge in [-0.15, -0.1) is 0 Å². The largest absolute Gasteiger partial charge is 0.313 e. The van der Waals surface area contributed by atoms with Crippen LogP contribution in [-0.2, 0) is 6.54 Å². The highest BCUT2D eigenvalue weighted by Gasteiger charge is 2.17. The van der Waals surface area contributed by atoms with Crippen LogP contribution in [0, 0.1) is 6.92 Å². The Morgan fingerprint density at radius 3 is 3.06 bits per heavy atom. The summed E-state index contributed by atoms with van der Waals surface area (Å²) < 4.78 is 0. The molecule has 0 saturated carbocycles. The maximum absolute atomic E-state index is 4.50. The van der Waals surface area contributed by atoms with E-state index >= 15 is 0 Å². The van der Waals surface area contributed by atoms with E-state index in [1.165, 1.54) is 25.8 Å². The first-order valence-corrected chi connectivity index (χ1v) is 7.02. The van der Waals surface area contributed by atoms with Crippen molar-refractivity contribution in [1.29, 1.82) is 0 Å². The molecule has 1 aliphatic heterocycles. The Morgan fingerprint density at radius 2 is 2.39 bits per heavy atom. The van der Waals surface area contributed by atoms with Gasteiger partial charge in [0.25, 0.3) is 0 Å². The number of rotatable bonds is 6. The van der Waals surface area contributed by atoms with Crippen molar-refractivity contribution in [2.45, 2.75) is 45.7 Å². The van der Waals surface area contributed by atoms with Crippen LogP contribution in [0.25, 0.3) is 0 Å². The van der Waals surface area contributed by atoms with E-state index < -0.39 is 0 Å². The summed E-state index contributed by atoms with van der Waals surface area (Å²) in [6.45, 7) is 8.58. The van der Waals surface area contributed by atoms with Crippen molar-refractivity contribution < 1.29 is 0 Å². The maximum Gasteiger partial charge on any atom is 0.125 e. The minimum Gasteiger partial charge on any atom is -0.313 e. The lowest BCUT2D eigenvalue weighted by Gasteiger charge is -2.24. The highest BCUT2D eigenvalue weighted by atomic mass is 15.2. The van der Waals surface area contributed by atoms with Crippen LogP contribution in [0.1, 0.15) is 37.7 Å². The van der Waals surface area contributed by atoms with Gasteiger partial charge in [-0.2, -0.15) is 0 Å². The first kappa shape index (κ1) is 13.4. The predicted octanol–water partition coefficient (Wildman–Crippen LogP) is 1.75. The number of aryl methyl sites for hydroxylation is 1. The van der Waals surface area contributed by atoms with Crippen LogP contribution < -0.4 is 5.32 Å². The maximum atomic E-state index is 4.50. The Bertz CT molecular complexity index is 361. The fourth-order valence-corrected chi connectivity index (χ4v) is 2.60. The summed E-state index contributed by atoms with van der Waals surface area (Å²) in [5.41, 5.74) is 1.13. The van der Waals surface area contributed by atoms with Crippen molar-refractivity contribution in [3.05, 3.63) is 23.8 Å². The van der Waals surface area contributed by atoms with Gasteiger partial charge in [-0.3, -0.25) is 4.90 Å². The Labute approximate surface area is 110 Å². The molecule has 100 valence electrons. The molecule has 0 spiro atoms. The third kappa shape index (κ3) is 4.03. The molecule has 1 atom stereocenters.